The summed E-state index contributed by atoms with van der Waals surface area (Å²) in [5, 5.41) is 6.81. The van der Waals surface area contributed by atoms with Gasteiger partial charge in [-0.25, -0.2) is 0 Å². The van der Waals surface area contributed by atoms with Crippen LogP contribution in [0.3, 0.4) is 0 Å². The summed E-state index contributed by atoms with van der Waals surface area (Å²) in [5.41, 5.74) is 0. The van der Waals surface area contributed by atoms with E-state index in [1.807, 2.05) is 12.1 Å². The molecule has 1 aromatic heterocycles. The number of likely N-dealkylation sites (tertiary alicyclic amines) is 1. The normalized spacial score (nSPS) is 24.4. The summed E-state index contributed by atoms with van der Waals surface area (Å²) in [4.78, 5) is 6.79. The minimum atomic E-state index is 0.445. The minimum absolute atomic E-state index is 0.445. The van der Waals surface area contributed by atoms with Crippen molar-refractivity contribution in [1.82, 2.24) is 15.5 Å². The van der Waals surface area contributed by atoms with Crippen LogP contribution >= 0.6 is 0 Å². The highest BCUT2D eigenvalue weighted by molar-refractivity contribution is 5.80. The molecule has 0 radical (unpaired) electrons. The molecule has 1 aliphatic rings. The van der Waals surface area contributed by atoms with Gasteiger partial charge in [0.05, 0.1) is 12.8 Å². The Balaban J connectivity index is 1.84. The number of rotatable bonds is 4. The molecule has 20 heavy (non-hydrogen) atoms. The van der Waals surface area contributed by atoms with E-state index in [0.29, 0.717) is 24.5 Å². The van der Waals surface area contributed by atoms with Crippen LogP contribution in [0.4, 0.5) is 0 Å². The van der Waals surface area contributed by atoms with Crippen molar-refractivity contribution < 1.29 is 4.42 Å². The van der Waals surface area contributed by atoms with E-state index in [9.17, 15) is 0 Å². The molecule has 2 N–H and O–H groups in total. The number of furan rings is 1. The zero-order valence-electron chi connectivity index (χ0n) is 12.9. The van der Waals surface area contributed by atoms with E-state index in [1.54, 1.807) is 13.3 Å². The molecule has 1 fully saturated rings. The molecule has 1 aromatic rings. The van der Waals surface area contributed by atoms with E-state index in [0.717, 1.165) is 24.8 Å². The Kier molecular flexibility index (Phi) is 5.06. The van der Waals surface area contributed by atoms with Crippen LogP contribution in [0.25, 0.3) is 0 Å². The zero-order valence-corrected chi connectivity index (χ0v) is 12.9. The van der Waals surface area contributed by atoms with Crippen LogP contribution in [0.5, 0.6) is 0 Å². The molecule has 2 heterocycles. The predicted molar refractivity (Wildman–Crippen MR) is 81.7 cm³/mol. The summed E-state index contributed by atoms with van der Waals surface area (Å²) in [6, 6.07) is 4.90. The quantitative estimate of drug-likeness (QED) is 0.650. The first-order valence-electron chi connectivity index (χ1n) is 7.33. The van der Waals surface area contributed by atoms with E-state index >= 15 is 0 Å². The number of nitrogens with one attached hydrogen (secondary N) is 2. The van der Waals surface area contributed by atoms with Gasteiger partial charge >= 0.3 is 0 Å². The Bertz CT molecular complexity index is 427. The van der Waals surface area contributed by atoms with Crippen LogP contribution in [0, 0.1) is 5.92 Å². The molecule has 0 amide bonds. The van der Waals surface area contributed by atoms with Gasteiger partial charge in [-0.15, -0.1) is 0 Å². The van der Waals surface area contributed by atoms with E-state index in [2.05, 4.69) is 41.3 Å². The highest BCUT2D eigenvalue weighted by atomic mass is 16.3. The van der Waals surface area contributed by atoms with Crippen LogP contribution in [-0.2, 0) is 6.54 Å². The van der Waals surface area contributed by atoms with Crippen LogP contribution in [0.2, 0.25) is 0 Å². The first-order chi connectivity index (χ1) is 9.60. The van der Waals surface area contributed by atoms with E-state index < -0.39 is 0 Å². The first kappa shape index (κ1) is 14.9. The Labute approximate surface area is 121 Å². The van der Waals surface area contributed by atoms with Gasteiger partial charge in [-0.2, -0.15) is 0 Å². The molecule has 0 saturated carbocycles. The SMILES string of the molecule is CN=C(NCc1ccco1)NC1CN(C(C)C)CC1C. The van der Waals surface area contributed by atoms with Crippen LogP contribution in [-0.4, -0.2) is 43.1 Å². The summed E-state index contributed by atoms with van der Waals surface area (Å²) in [5.74, 6) is 2.37. The minimum Gasteiger partial charge on any atom is -0.467 e. The molecule has 0 aromatic carbocycles. The predicted octanol–water partition coefficient (Wildman–Crippen LogP) is 1.67. The third-order valence-corrected chi connectivity index (χ3v) is 3.93. The number of nitrogens with zero attached hydrogens (tertiary/aromatic N) is 2. The number of hydrogen-bond donors (Lipinski definition) is 2. The molecule has 0 bridgehead atoms. The molecule has 1 aliphatic heterocycles. The average molecular weight is 278 g/mol. The second-order valence-electron chi connectivity index (χ2n) is 5.78. The van der Waals surface area contributed by atoms with Gasteiger partial charge in [0, 0.05) is 32.2 Å². The smallest absolute Gasteiger partial charge is 0.191 e. The van der Waals surface area contributed by atoms with Gasteiger partial charge in [0.1, 0.15) is 5.76 Å². The first-order valence-corrected chi connectivity index (χ1v) is 7.33. The maximum Gasteiger partial charge on any atom is 0.191 e. The van der Waals surface area contributed by atoms with Gasteiger partial charge in [0.2, 0.25) is 0 Å². The maximum absolute atomic E-state index is 5.31. The number of aliphatic imine (C=N–C) groups is 1. The number of hydrogen-bond acceptors (Lipinski definition) is 3. The van der Waals surface area contributed by atoms with Crippen LogP contribution in [0.1, 0.15) is 26.5 Å². The van der Waals surface area contributed by atoms with E-state index in [4.69, 9.17) is 4.42 Å². The lowest BCUT2D eigenvalue weighted by atomic mass is 10.1. The lowest BCUT2D eigenvalue weighted by molar-refractivity contribution is 0.265. The van der Waals surface area contributed by atoms with E-state index in [1.165, 1.54) is 0 Å². The fourth-order valence-electron chi connectivity index (χ4n) is 2.57. The molecule has 2 rings (SSSR count). The molecule has 112 valence electrons. The van der Waals surface area contributed by atoms with Crippen LogP contribution < -0.4 is 10.6 Å². The maximum atomic E-state index is 5.31. The van der Waals surface area contributed by atoms with Crippen molar-refractivity contribution in [3.8, 4) is 0 Å². The summed E-state index contributed by atoms with van der Waals surface area (Å²) in [6.45, 7) is 9.66. The van der Waals surface area contributed by atoms with Crippen LogP contribution in [0.15, 0.2) is 27.8 Å². The Morgan fingerprint density at radius 1 is 1.50 bits per heavy atom. The standard InChI is InChI=1S/C15H26N4O/c1-11(2)19-9-12(3)14(10-19)18-15(16-4)17-8-13-6-5-7-20-13/h5-7,11-12,14H,8-10H2,1-4H3,(H2,16,17,18). The topological polar surface area (TPSA) is 52.8 Å². The van der Waals surface area contributed by atoms with Gasteiger partial charge in [0.25, 0.3) is 0 Å². The largest absolute Gasteiger partial charge is 0.467 e. The monoisotopic (exact) mass is 278 g/mol. The summed E-state index contributed by atoms with van der Waals surface area (Å²) >= 11 is 0. The second-order valence-corrected chi connectivity index (χ2v) is 5.78. The fourth-order valence-corrected chi connectivity index (χ4v) is 2.57. The summed E-state index contributed by atoms with van der Waals surface area (Å²) in [7, 11) is 1.80. The molecule has 0 aliphatic carbocycles. The Hall–Kier alpha value is -1.49. The summed E-state index contributed by atoms with van der Waals surface area (Å²) in [6.07, 6.45) is 1.69. The lowest BCUT2D eigenvalue weighted by Gasteiger charge is -2.21. The van der Waals surface area contributed by atoms with Crippen molar-refractivity contribution in [3.63, 3.8) is 0 Å². The van der Waals surface area contributed by atoms with Crippen molar-refractivity contribution in [1.29, 1.82) is 0 Å². The molecule has 2 atom stereocenters. The molecule has 5 heteroatoms. The third kappa shape index (κ3) is 3.76. The van der Waals surface area contributed by atoms with E-state index in [-0.39, 0.29) is 0 Å². The second kappa shape index (κ2) is 6.79. The average Bonchev–Trinajstić information content (AvgIpc) is 3.04. The van der Waals surface area contributed by atoms with Crippen molar-refractivity contribution in [2.75, 3.05) is 20.1 Å². The highest BCUT2D eigenvalue weighted by Crippen LogP contribution is 2.18. The molecular formula is C15H26N4O. The zero-order chi connectivity index (χ0) is 14.5. The number of guanidine groups is 1. The van der Waals surface area contributed by atoms with Crippen molar-refractivity contribution in [2.45, 2.75) is 39.4 Å². The molecular weight excluding hydrogens is 252 g/mol. The van der Waals surface area contributed by atoms with Gasteiger partial charge in [0.15, 0.2) is 5.96 Å². The highest BCUT2D eigenvalue weighted by Gasteiger charge is 2.31. The summed E-state index contributed by atoms with van der Waals surface area (Å²) < 4.78 is 5.31. The lowest BCUT2D eigenvalue weighted by Crippen LogP contribution is -2.46. The molecule has 0 spiro atoms. The third-order valence-electron chi connectivity index (χ3n) is 3.93. The fraction of sp³-hybridized carbons (Fsp3) is 0.667. The van der Waals surface area contributed by atoms with Crippen molar-refractivity contribution in [3.05, 3.63) is 24.2 Å². The van der Waals surface area contributed by atoms with Gasteiger partial charge in [-0.05, 0) is 31.9 Å². The molecule has 2 unspecified atom stereocenters. The van der Waals surface area contributed by atoms with Gasteiger partial charge < -0.3 is 15.1 Å². The van der Waals surface area contributed by atoms with Gasteiger partial charge in [-0.3, -0.25) is 9.89 Å². The van der Waals surface area contributed by atoms with Crippen molar-refractivity contribution in [2.24, 2.45) is 10.9 Å². The molecule has 1 saturated heterocycles. The van der Waals surface area contributed by atoms with Gasteiger partial charge in [-0.1, -0.05) is 6.92 Å². The van der Waals surface area contributed by atoms with Crippen molar-refractivity contribution >= 4 is 5.96 Å². The Morgan fingerprint density at radius 2 is 2.30 bits per heavy atom. The molecule has 5 nitrogen and oxygen atoms in total. The Morgan fingerprint density at radius 3 is 2.85 bits per heavy atom.